The number of fused-ring (bicyclic) bond motifs is 2. The molecule has 1 amide bonds. The second kappa shape index (κ2) is 11.4. The molecule has 0 unspecified atom stereocenters. The predicted octanol–water partition coefficient (Wildman–Crippen LogP) is 5.58. The number of piperidine rings is 1. The van der Waals surface area contributed by atoms with E-state index in [1.165, 1.54) is 11.1 Å². The Morgan fingerprint density at radius 2 is 1.54 bits per heavy atom. The Labute approximate surface area is 224 Å². The van der Waals surface area contributed by atoms with E-state index in [0.29, 0.717) is 6.54 Å². The lowest BCUT2D eigenvalue weighted by Gasteiger charge is -2.38. The molecule has 0 saturated carbocycles. The number of likely N-dealkylation sites (tertiary alicyclic amines) is 1. The molecule has 3 aromatic rings. The number of carbonyl (C=O) groups is 1. The van der Waals surface area contributed by atoms with Crippen LogP contribution in [-0.2, 0) is 21.4 Å². The number of hydrogen-bond acceptors (Lipinski definition) is 3. The lowest BCUT2D eigenvalue weighted by molar-refractivity contribution is -0.131. The molecule has 0 radical (unpaired) electrons. The summed E-state index contributed by atoms with van der Waals surface area (Å²) in [5, 5.41) is 0. The van der Waals surface area contributed by atoms with Crippen molar-refractivity contribution in [3.05, 3.63) is 102 Å². The number of nitrogens with zero attached hydrogens (tertiary/aromatic N) is 2. The van der Waals surface area contributed by atoms with E-state index in [1.807, 2.05) is 61.3 Å². The molecule has 0 bridgehead atoms. The quantitative estimate of drug-likeness (QED) is 0.369. The van der Waals surface area contributed by atoms with E-state index < -0.39 is 11.2 Å². The zero-order valence-electron chi connectivity index (χ0n) is 22.0. The van der Waals surface area contributed by atoms with Gasteiger partial charge in [-0.2, -0.15) is 0 Å². The highest BCUT2D eigenvalue weighted by Gasteiger charge is 2.48. The zero-order valence-corrected chi connectivity index (χ0v) is 22.8. The highest BCUT2D eigenvalue weighted by atomic mass is 32.2. The number of likely N-dealkylation sites (N-methyl/N-ethyl adjacent to an activating group) is 1. The molecule has 2 aliphatic heterocycles. The first-order valence-electron chi connectivity index (χ1n) is 13.5. The van der Waals surface area contributed by atoms with Crippen LogP contribution in [0.2, 0.25) is 0 Å². The maximum absolute atomic E-state index is 13.3. The van der Waals surface area contributed by atoms with E-state index in [9.17, 15) is 9.35 Å². The summed E-state index contributed by atoms with van der Waals surface area (Å²) in [4.78, 5) is 18.8. The first kappa shape index (κ1) is 26.0. The minimum atomic E-state index is -0.867. The van der Waals surface area contributed by atoms with Gasteiger partial charge in [-0.25, -0.2) is 0 Å². The molecule has 2 heterocycles. The van der Waals surface area contributed by atoms with Crippen LogP contribution in [0.3, 0.4) is 0 Å². The van der Waals surface area contributed by atoms with E-state index in [4.69, 9.17) is 0 Å². The van der Waals surface area contributed by atoms with Crippen molar-refractivity contribution in [2.45, 2.75) is 48.3 Å². The van der Waals surface area contributed by atoms with E-state index >= 15 is 0 Å². The van der Waals surface area contributed by atoms with Crippen molar-refractivity contribution in [1.82, 2.24) is 9.80 Å². The lowest BCUT2D eigenvalue weighted by atomic mass is 9.74. The number of rotatable bonds is 8. The van der Waals surface area contributed by atoms with Gasteiger partial charge in [-0.15, -0.1) is 0 Å². The molecule has 4 nitrogen and oxygen atoms in total. The van der Waals surface area contributed by atoms with Gasteiger partial charge in [-0.05, 0) is 74.2 Å². The van der Waals surface area contributed by atoms with Gasteiger partial charge >= 0.3 is 0 Å². The SMILES string of the molecule is C[C@@H](C(=O)N(C)C[C@H](CCN1CCC2(CC1)C[S@+]([O-])c1ccccc12)c1ccccc1)c1ccccc1. The van der Waals surface area contributed by atoms with Gasteiger partial charge in [0.2, 0.25) is 5.91 Å². The van der Waals surface area contributed by atoms with Crippen molar-refractivity contribution in [3.8, 4) is 0 Å². The van der Waals surface area contributed by atoms with Crippen molar-refractivity contribution in [2.75, 3.05) is 39.0 Å². The number of carbonyl (C=O) groups excluding carboxylic acids is 1. The molecular weight excluding hydrogens is 476 g/mol. The first-order chi connectivity index (χ1) is 18.0. The molecular formula is C32H38N2O2S. The minimum Gasteiger partial charge on any atom is -0.611 e. The maximum Gasteiger partial charge on any atom is 0.229 e. The Morgan fingerprint density at radius 3 is 2.22 bits per heavy atom. The van der Waals surface area contributed by atoms with Gasteiger partial charge in [0.1, 0.15) is 5.75 Å². The molecule has 1 spiro atoms. The lowest BCUT2D eigenvalue weighted by Crippen LogP contribution is -2.44. The van der Waals surface area contributed by atoms with Gasteiger partial charge in [-0.1, -0.05) is 78.9 Å². The van der Waals surface area contributed by atoms with Crippen LogP contribution in [0.1, 0.15) is 54.7 Å². The van der Waals surface area contributed by atoms with E-state index in [2.05, 4.69) is 47.4 Å². The summed E-state index contributed by atoms with van der Waals surface area (Å²) >= 11 is -0.867. The fraction of sp³-hybridized carbons (Fsp3) is 0.406. The molecule has 1 fully saturated rings. The Morgan fingerprint density at radius 1 is 0.946 bits per heavy atom. The van der Waals surface area contributed by atoms with Crippen LogP contribution < -0.4 is 0 Å². The molecule has 5 rings (SSSR count). The van der Waals surface area contributed by atoms with Gasteiger partial charge < -0.3 is 14.4 Å². The fourth-order valence-corrected chi connectivity index (χ4v) is 8.05. The third-order valence-electron chi connectivity index (χ3n) is 8.53. The van der Waals surface area contributed by atoms with Crippen LogP contribution in [-0.4, -0.2) is 59.2 Å². The summed E-state index contributed by atoms with van der Waals surface area (Å²) in [7, 11) is 1.94. The molecule has 5 heteroatoms. The predicted molar refractivity (Wildman–Crippen MR) is 151 cm³/mol. The van der Waals surface area contributed by atoms with Crippen molar-refractivity contribution in [2.24, 2.45) is 0 Å². The van der Waals surface area contributed by atoms with Crippen LogP contribution in [0.25, 0.3) is 0 Å². The highest BCUT2D eigenvalue weighted by molar-refractivity contribution is 7.91. The Kier molecular flexibility index (Phi) is 8.04. The summed E-state index contributed by atoms with van der Waals surface area (Å²) in [6.07, 6.45) is 3.15. The number of benzene rings is 3. The number of amides is 1. The van der Waals surface area contributed by atoms with E-state index in [1.54, 1.807) is 0 Å². The summed E-state index contributed by atoms with van der Waals surface area (Å²) in [5.41, 5.74) is 3.76. The molecule has 3 atom stereocenters. The normalized spacial score (nSPS) is 20.4. The molecule has 194 valence electrons. The second-order valence-corrected chi connectivity index (χ2v) is 12.3. The van der Waals surface area contributed by atoms with Crippen LogP contribution in [0.4, 0.5) is 0 Å². The third-order valence-corrected chi connectivity index (χ3v) is 10.2. The minimum absolute atomic E-state index is 0.0804. The average Bonchev–Trinajstić information content (AvgIpc) is 3.22. The van der Waals surface area contributed by atoms with Crippen molar-refractivity contribution in [3.63, 3.8) is 0 Å². The largest absolute Gasteiger partial charge is 0.611 e. The Balaban J connectivity index is 1.21. The molecule has 0 N–H and O–H groups in total. The zero-order chi connectivity index (χ0) is 25.8. The molecule has 0 aliphatic carbocycles. The summed E-state index contributed by atoms with van der Waals surface area (Å²) in [5.74, 6) is 1.08. The van der Waals surface area contributed by atoms with E-state index in [-0.39, 0.29) is 23.2 Å². The van der Waals surface area contributed by atoms with E-state index in [0.717, 1.165) is 55.1 Å². The van der Waals surface area contributed by atoms with Gasteiger partial charge in [0, 0.05) is 30.5 Å². The summed E-state index contributed by atoms with van der Waals surface area (Å²) in [6, 6.07) is 29.0. The third kappa shape index (κ3) is 5.64. The van der Waals surface area contributed by atoms with Crippen molar-refractivity contribution >= 4 is 17.1 Å². The van der Waals surface area contributed by atoms with Crippen LogP contribution in [0.15, 0.2) is 89.8 Å². The standard InChI is InChI=1S/C32H38N2O2S/c1-25(26-11-5-3-6-12-26)31(35)33(2)23-28(27-13-7-4-8-14-27)17-20-34-21-18-32(19-22-34)24-37(36)30-16-10-9-15-29(30)32/h3-16,25,28H,17-24H2,1-2H3/t25-,28+,37+/m1/s1. The van der Waals surface area contributed by atoms with Crippen molar-refractivity contribution in [1.29, 1.82) is 0 Å². The van der Waals surface area contributed by atoms with Gasteiger partial charge in [0.15, 0.2) is 4.90 Å². The molecule has 3 aromatic carbocycles. The van der Waals surface area contributed by atoms with Gasteiger partial charge in [0.25, 0.3) is 0 Å². The number of hydrogen-bond donors (Lipinski definition) is 0. The first-order valence-corrected chi connectivity index (χ1v) is 14.8. The maximum atomic E-state index is 13.3. The summed E-state index contributed by atoms with van der Waals surface area (Å²) < 4.78 is 12.8. The molecule has 0 aromatic heterocycles. The second-order valence-electron chi connectivity index (χ2n) is 10.9. The topological polar surface area (TPSA) is 46.6 Å². The van der Waals surface area contributed by atoms with Crippen molar-refractivity contribution < 1.29 is 9.35 Å². The Hall–Kier alpha value is -2.60. The highest BCUT2D eigenvalue weighted by Crippen LogP contribution is 2.46. The Bertz CT molecular complexity index is 1180. The average molecular weight is 515 g/mol. The summed E-state index contributed by atoms with van der Waals surface area (Å²) in [6.45, 7) is 5.80. The van der Waals surface area contributed by atoms with Gasteiger partial charge in [-0.3, -0.25) is 4.79 Å². The van der Waals surface area contributed by atoms with Gasteiger partial charge in [0.05, 0.1) is 5.92 Å². The van der Waals surface area contributed by atoms with Crippen LogP contribution in [0.5, 0.6) is 0 Å². The monoisotopic (exact) mass is 514 g/mol. The van der Waals surface area contributed by atoms with Crippen LogP contribution >= 0.6 is 0 Å². The fourth-order valence-electron chi connectivity index (χ4n) is 6.19. The molecule has 2 aliphatic rings. The smallest absolute Gasteiger partial charge is 0.229 e. The molecule has 1 saturated heterocycles. The van der Waals surface area contributed by atoms with Crippen LogP contribution in [0, 0.1) is 0 Å². The molecule has 37 heavy (non-hydrogen) atoms.